The molecule has 94 valence electrons. The summed E-state index contributed by atoms with van der Waals surface area (Å²) in [6, 6.07) is -0.0229. The van der Waals surface area contributed by atoms with Crippen LogP contribution in [0.5, 0.6) is 0 Å². The van der Waals surface area contributed by atoms with Crippen molar-refractivity contribution in [2.75, 3.05) is 6.54 Å². The Hall–Kier alpha value is -0.940. The Bertz CT molecular complexity index is 406. The van der Waals surface area contributed by atoms with E-state index in [-0.39, 0.29) is 17.4 Å². The lowest BCUT2D eigenvalue weighted by Crippen LogP contribution is -2.50. The van der Waals surface area contributed by atoms with E-state index in [1.807, 2.05) is 19.2 Å². The molecule has 1 heterocycles. The summed E-state index contributed by atoms with van der Waals surface area (Å²) < 4.78 is 0. The number of nitrogens with two attached hydrogens (primary N) is 1. The summed E-state index contributed by atoms with van der Waals surface area (Å²) >= 11 is 1.59. The van der Waals surface area contributed by atoms with Gasteiger partial charge in [0.05, 0.1) is 11.5 Å². The Labute approximate surface area is 106 Å². The molecule has 0 aliphatic heterocycles. The van der Waals surface area contributed by atoms with Crippen molar-refractivity contribution in [3.8, 4) is 0 Å². The first-order chi connectivity index (χ1) is 8.07. The third-order valence-corrected chi connectivity index (χ3v) is 4.68. The lowest BCUT2D eigenvalue weighted by Gasteiger charge is -2.39. The minimum atomic E-state index is -0.305. The highest BCUT2D eigenvalue weighted by molar-refractivity contribution is 7.09. The van der Waals surface area contributed by atoms with Gasteiger partial charge in [-0.2, -0.15) is 0 Å². The van der Waals surface area contributed by atoms with Crippen molar-refractivity contribution >= 4 is 17.2 Å². The number of nitrogens with one attached hydrogen (secondary N) is 1. The topological polar surface area (TPSA) is 68.0 Å². The molecule has 2 rings (SSSR count). The zero-order valence-electron chi connectivity index (χ0n) is 10.3. The van der Waals surface area contributed by atoms with E-state index in [4.69, 9.17) is 5.73 Å². The van der Waals surface area contributed by atoms with Crippen LogP contribution in [0.2, 0.25) is 0 Å². The first-order valence-electron chi connectivity index (χ1n) is 6.00. The van der Waals surface area contributed by atoms with E-state index >= 15 is 0 Å². The molecule has 0 saturated heterocycles. The number of aromatic nitrogens is 1. The normalized spacial score (nSPS) is 19.5. The van der Waals surface area contributed by atoms with Crippen LogP contribution in [0.4, 0.5) is 0 Å². The van der Waals surface area contributed by atoms with Gasteiger partial charge in [0.2, 0.25) is 5.91 Å². The largest absolute Gasteiger partial charge is 0.347 e. The zero-order valence-corrected chi connectivity index (χ0v) is 11.1. The summed E-state index contributed by atoms with van der Waals surface area (Å²) in [6.45, 7) is 4.38. The molecule has 1 aromatic rings. The number of hydrogen-bond donors (Lipinski definition) is 2. The van der Waals surface area contributed by atoms with Crippen LogP contribution in [0.15, 0.2) is 5.38 Å². The van der Waals surface area contributed by atoms with Crippen LogP contribution in [0.1, 0.15) is 42.9 Å². The van der Waals surface area contributed by atoms with Gasteiger partial charge in [0.1, 0.15) is 5.01 Å². The molecule has 4 nitrogen and oxygen atoms in total. The molecule has 1 aliphatic carbocycles. The lowest BCUT2D eigenvalue weighted by molar-refractivity contribution is -0.135. The maximum atomic E-state index is 12.2. The molecule has 1 aliphatic rings. The Balaban J connectivity index is 1.99. The summed E-state index contributed by atoms with van der Waals surface area (Å²) in [4.78, 5) is 16.5. The van der Waals surface area contributed by atoms with Crippen LogP contribution in [0, 0.1) is 12.3 Å². The summed E-state index contributed by atoms with van der Waals surface area (Å²) in [5.74, 6) is 0.0894. The summed E-state index contributed by atoms with van der Waals surface area (Å²) in [5, 5.41) is 5.99. The fraction of sp³-hybridized carbons (Fsp3) is 0.667. The van der Waals surface area contributed by atoms with Crippen molar-refractivity contribution in [2.24, 2.45) is 11.1 Å². The second-order valence-corrected chi connectivity index (χ2v) is 5.75. The monoisotopic (exact) mass is 253 g/mol. The van der Waals surface area contributed by atoms with Crippen molar-refractivity contribution < 1.29 is 4.79 Å². The van der Waals surface area contributed by atoms with Crippen LogP contribution in [-0.2, 0) is 4.79 Å². The van der Waals surface area contributed by atoms with Crippen molar-refractivity contribution in [1.82, 2.24) is 10.3 Å². The van der Waals surface area contributed by atoms with Gasteiger partial charge in [-0.15, -0.1) is 11.3 Å². The fourth-order valence-corrected chi connectivity index (χ4v) is 2.91. The number of hydrogen-bond acceptors (Lipinski definition) is 4. The van der Waals surface area contributed by atoms with E-state index < -0.39 is 0 Å². The molecular weight excluding hydrogens is 234 g/mol. The van der Waals surface area contributed by atoms with E-state index in [1.54, 1.807) is 11.3 Å². The highest BCUT2D eigenvalue weighted by atomic mass is 32.1. The van der Waals surface area contributed by atoms with Gasteiger partial charge >= 0.3 is 0 Å². The van der Waals surface area contributed by atoms with Crippen molar-refractivity contribution in [3.63, 3.8) is 0 Å². The van der Waals surface area contributed by atoms with Crippen LogP contribution >= 0.6 is 11.3 Å². The van der Waals surface area contributed by atoms with E-state index in [9.17, 15) is 4.79 Å². The Morgan fingerprint density at radius 3 is 2.82 bits per heavy atom. The molecule has 0 spiro atoms. The molecule has 17 heavy (non-hydrogen) atoms. The van der Waals surface area contributed by atoms with Gasteiger partial charge in [-0.1, -0.05) is 6.42 Å². The minimum absolute atomic E-state index is 0.0229. The number of amides is 1. The molecule has 1 atom stereocenters. The fourth-order valence-electron chi connectivity index (χ4n) is 2.11. The number of carbonyl (C=O) groups excluding carboxylic acids is 1. The summed E-state index contributed by atoms with van der Waals surface area (Å²) in [7, 11) is 0. The number of aryl methyl sites for hydroxylation is 1. The van der Waals surface area contributed by atoms with Gasteiger partial charge in [-0.25, -0.2) is 4.98 Å². The maximum absolute atomic E-state index is 12.2. The Kier molecular flexibility index (Phi) is 3.49. The van der Waals surface area contributed by atoms with Crippen LogP contribution in [0.3, 0.4) is 0 Å². The van der Waals surface area contributed by atoms with E-state index in [0.29, 0.717) is 6.54 Å². The second-order valence-electron chi connectivity index (χ2n) is 4.86. The SMILES string of the molecule is Cc1csc(C(C)NC(=O)C2(CN)CCC2)n1. The maximum Gasteiger partial charge on any atom is 0.228 e. The Morgan fingerprint density at radius 1 is 1.71 bits per heavy atom. The predicted molar refractivity (Wildman–Crippen MR) is 68.7 cm³/mol. The van der Waals surface area contributed by atoms with Gasteiger partial charge in [0.25, 0.3) is 0 Å². The van der Waals surface area contributed by atoms with E-state index in [0.717, 1.165) is 30.0 Å². The van der Waals surface area contributed by atoms with Crippen LogP contribution in [0.25, 0.3) is 0 Å². The second kappa shape index (κ2) is 4.74. The predicted octanol–water partition coefficient (Wildman–Crippen LogP) is 1.76. The average molecular weight is 253 g/mol. The number of thiazole rings is 1. The minimum Gasteiger partial charge on any atom is -0.347 e. The molecule has 0 aromatic carbocycles. The molecule has 3 N–H and O–H groups in total. The lowest BCUT2D eigenvalue weighted by atomic mass is 9.68. The standard InChI is InChI=1S/C12H19N3OS/c1-8-6-17-10(14-8)9(2)15-11(16)12(7-13)4-3-5-12/h6,9H,3-5,7,13H2,1-2H3,(H,15,16). The van der Waals surface area contributed by atoms with Crippen LogP contribution < -0.4 is 11.1 Å². The first kappa shape index (κ1) is 12.5. The zero-order chi connectivity index (χ0) is 12.5. The number of rotatable bonds is 4. The third kappa shape index (κ3) is 2.35. The van der Waals surface area contributed by atoms with Gasteiger partial charge in [0, 0.05) is 17.6 Å². The average Bonchev–Trinajstić information content (AvgIpc) is 2.64. The Morgan fingerprint density at radius 2 is 2.41 bits per heavy atom. The van der Waals surface area contributed by atoms with Crippen molar-refractivity contribution in [1.29, 1.82) is 0 Å². The molecule has 1 fully saturated rings. The van der Waals surface area contributed by atoms with Gasteiger partial charge in [-0.3, -0.25) is 4.79 Å². The van der Waals surface area contributed by atoms with Gasteiger partial charge in [0.15, 0.2) is 0 Å². The number of nitrogens with zero attached hydrogens (tertiary/aromatic N) is 1. The molecule has 0 radical (unpaired) electrons. The third-order valence-electron chi connectivity index (χ3n) is 3.54. The summed E-state index contributed by atoms with van der Waals surface area (Å²) in [6.07, 6.45) is 2.94. The molecule has 0 bridgehead atoms. The van der Waals surface area contributed by atoms with Gasteiger partial charge in [-0.05, 0) is 26.7 Å². The van der Waals surface area contributed by atoms with Crippen LogP contribution in [-0.4, -0.2) is 17.4 Å². The van der Waals surface area contributed by atoms with E-state index in [2.05, 4.69) is 10.3 Å². The molecular formula is C12H19N3OS. The summed E-state index contributed by atoms with van der Waals surface area (Å²) in [5.41, 5.74) is 6.41. The number of carbonyl (C=O) groups is 1. The highest BCUT2D eigenvalue weighted by Crippen LogP contribution is 2.40. The molecule has 1 amide bonds. The first-order valence-corrected chi connectivity index (χ1v) is 6.88. The molecule has 5 heteroatoms. The molecule has 1 saturated carbocycles. The highest BCUT2D eigenvalue weighted by Gasteiger charge is 2.43. The quantitative estimate of drug-likeness (QED) is 0.859. The van der Waals surface area contributed by atoms with E-state index in [1.165, 1.54) is 0 Å². The molecule has 1 unspecified atom stereocenters. The van der Waals surface area contributed by atoms with Crippen molar-refractivity contribution in [2.45, 2.75) is 39.2 Å². The smallest absolute Gasteiger partial charge is 0.228 e. The molecule has 1 aromatic heterocycles. The van der Waals surface area contributed by atoms with Gasteiger partial charge < -0.3 is 11.1 Å². The van der Waals surface area contributed by atoms with Crippen molar-refractivity contribution in [3.05, 3.63) is 16.1 Å².